The predicted octanol–water partition coefficient (Wildman–Crippen LogP) is 3.90. The summed E-state index contributed by atoms with van der Waals surface area (Å²) in [5, 5.41) is 13.6. The lowest BCUT2D eigenvalue weighted by atomic mass is 9.96. The molecule has 0 saturated heterocycles. The zero-order valence-electron chi connectivity index (χ0n) is 12.2. The molecule has 0 unspecified atom stereocenters. The number of nitrogens with zero attached hydrogens (tertiary/aromatic N) is 1. The van der Waals surface area contributed by atoms with Crippen molar-refractivity contribution in [1.82, 2.24) is 0 Å². The number of rotatable bonds is 4. The first-order valence-corrected chi connectivity index (χ1v) is 7.15. The van der Waals surface area contributed by atoms with Crippen LogP contribution in [0.4, 0.5) is 11.4 Å². The second kappa shape index (κ2) is 5.26. The lowest BCUT2D eigenvalue weighted by molar-refractivity contribution is -0.384. The summed E-state index contributed by atoms with van der Waals surface area (Å²) in [4.78, 5) is 22.5. The molecule has 5 nitrogen and oxygen atoms in total. The minimum Gasteiger partial charge on any atom is -0.322 e. The third-order valence-corrected chi connectivity index (χ3v) is 4.17. The van der Waals surface area contributed by atoms with Gasteiger partial charge >= 0.3 is 0 Å². The van der Waals surface area contributed by atoms with E-state index in [4.69, 9.17) is 0 Å². The van der Waals surface area contributed by atoms with Crippen molar-refractivity contribution < 1.29 is 9.72 Å². The quantitative estimate of drug-likeness (QED) is 0.687. The molecule has 3 rings (SSSR count). The van der Waals surface area contributed by atoms with E-state index in [1.54, 1.807) is 0 Å². The summed E-state index contributed by atoms with van der Waals surface area (Å²) < 4.78 is 0. The van der Waals surface area contributed by atoms with E-state index in [0.29, 0.717) is 5.56 Å². The number of carbonyl (C=O) groups is 1. The van der Waals surface area contributed by atoms with Gasteiger partial charge in [-0.1, -0.05) is 25.1 Å². The average Bonchev–Trinajstić information content (AvgIpc) is 3.26. The molecule has 0 bridgehead atoms. The van der Waals surface area contributed by atoms with Gasteiger partial charge in [-0.25, -0.2) is 0 Å². The van der Waals surface area contributed by atoms with Crippen LogP contribution < -0.4 is 5.32 Å². The third kappa shape index (κ3) is 2.70. The smallest absolute Gasteiger partial charge is 0.269 e. The molecule has 0 spiro atoms. The van der Waals surface area contributed by atoms with Crippen LogP contribution in [0.2, 0.25) is 0 Å². The number of carbonyl (C=O) groups excluding carboxylic acids is 1. The maximum Gasteiger partial charge on any atom is 0.269 e. The number of non-ortho nitro benzene ring substituents is 1. The van der Waals surface area contributed by atoms with E-state index in [1.165, 1.54) is 24.3 Å². The van der Waals surface area contributed by atoms with Crippen molar-refractivity contribution in [3.63, 3.8) is 0 Å². The summed E-state index contributed by atoms with van der Waals surface area (Å²) in [5.41, 5.74) is 2.49. The fourth-order valence-electron chi connectivity index (χ4n) is 2.50. The van der Waals surface area contributed by atoms with E-state index >= 15 is 0 Å². The number of benzene rings is 2. The highest BCUT2D eigenvalue weighted by Crippen LogP contribution is 2.50. The second-order valence-corrected chi connectivity index (χ2v) is 5.86. The lowest BCUT2D eigenvalue weighted by Gasteiger charge is -2.15. The topological polar surface area (TPSA) is 72.2 Å². The normalized spacial score (nSPS) is 15.1. The molecule has 1 aliphatic carbocycles. The van der Waals surface area contributed by atoms with Crippen molar-refractivity contribution in [1.29, 1.82) is 0 Å². The molecular weight excluding hydrogens is 280 g/mol. The van der Waals surface area contributed by atoms with Gasteiger partial charge in [-0.3, -0.25) is 14.9 Å². The number of nitrogens with one attached hydrogen (secondary N) is 1. The Labute approximate surface area is 128 Å². The number of para-hydroxylation sites is 1. The summed E-state index contributed by atoms with van der Waals surface area (Å²) in [7, 11) is 0. The minimum atomic E-state index is -0.481. The first kappa shape index (κ1) is 14.3. The highest BCUT2D eigenvalue weighted by molar-refractivity contribution is 6.04. The van der Waals surface area contributed by atoms with Crippen LogP contribution in [0.5, 0.6) is 0 Å². The van der Waals surface area contributed by atoms with Gasteiger partial charge < -0.3 is 5.32 Å². The zero-order chi connectivity index (χ0) is 15.7. The number of hydrogen-bond acceptors (Lipinski definition) is 3. The monoisotopic (exact) mass is 296 g/mol. The average molecular weight is 296 g/mol. The summed E-state index contributed by atoms with van der Waals surface area (Å²) in [6.07, 6.45) is 2.24. The Balaban J connectivity index is 1.81. The Kier molecular flexibility index (Phi) is 3.41. The molecule has 1 fully saturated rings. The molecule has 2 aromatic rings. The van der Waals surface area contributed by atoms with Crippen molar-refractivity contribution >= 4 is 17.3 Å². The van der Waals surface area contributed by atoms with E-state index in [-0.39, 0.29) is 17.0 Å². The number of anilines is 1. The van der Waals surface area contributed by atoms with Crippen LogP contribution in [-0.2, 0) is 5.41 Å². The van der Waals surface area contributed by atoms with Crippen molar-refractivity contribution in [2.45, 2.75) is 25.2 Å². The first-order chi connectivity index (χ1) is 10.5. The highest BCUT2D eigenvalue weighted by Gasteiger charge is 2.40. The molecule has 0 aromatic heterocycles. The molecule has 0 heterocycles. The minimum absolute atomic E-state index is 0.0255. The molecule has 2 aromatic carbocycles. The Hall–Kier alpha value is -2.69. The zero-order valence-corrected chi connectivity index (χ0v) is 12.2. The molecule has 0 atom stereocenters. The van der Waals surface area contributed by atoms with Gasteiger partial charge in [0, 0.05) is 23.4 Å². The molecule has 1 saturated carbocycles. The van der Waals surface area contributed by atoms with Gasteiger partial charge in [0.2, 0.25) is 0 Å². The van der Waals surface area contributed by atoms with E-state index < -0.39 is 4.92 Å². The SMILES string of the molecule is CC1(c2ccccc2NC(=O)c2ccc([N+](=O)[O-])cc2)CC1. The van der Waals surface area contributed by atoms with Crippen molar-refractivity contribution in [3.05, 3.63) is 69.8 Å². The van der Waals surface area contributed by atoms with Crippen LogP contribution in [0, 0.1) is 10.1 Å². The van der Waals surface area contributed by atoms with Crippen LogP contribution in [-0.4, -0.2) is 10.8 Å². The summed E-state index contributed by atoms with van der Waals surface area (Å²) in [6, 6.07) is 13.4. The maximum absolute atomic E-state index is 12.3. The molecule has 1 amide bonds. The van der Waals surface area contributed by atoms with E-state index in [0.717, 1.165) is 24.1 Å². The Bertz CT molecular complexity index is 734. The standard InChI is InChI=1S/C17H16N2O3/c1-17(10-11-17)14-4-2-3-5-15(14)18-16(20)12-6-8-13(9-7-12)19(21)22/h2-9H,10-11H2,1H3,(H,18,20). The molecule has 0 radical (unpaired) electrons. The Morgan fingerprint density at radius 1 is 1.14 bits per heavy atom. The van der Waals surface area contributed by atoms with Crippen LogP contribution >= 0.6 is 0 Å². The van der Waals surface area contributed by atoms with Crippen molar-refractivity contribution in [2.75, 3.05) is 5.32 Å². The second-order valence-electron chi connectivity index (χ2n) is 5.86. The first-order valence-electron chi connectivity index (χ1n) is 7.15. The van der Waals surface area contributed by atoms with E-state index in [9.17, 15) is 14.9 Å². The molecule has 0 aliphatic heterocycles. The summed E-state index contributed by atoms with van der Waals surface area (Å²) >= 11 is 0. The molecule has 5 heteroatoms. The van der Waals surface area contributed by atoms with Gasteiger partial charge in [-0.15, -0.1) is 0 Å². The fraction of sp³-hybridized carbons (Fsp3) is 0.235. The highest BCUT2D eigenvalue weighted by atomic mass is 16.6. The molecular formula is C17H16N2O3. The van der Waals surface area contributed by atoms with Crippen LogP contribution in [0.3, 0.4) is 0 Å². The van der Waals surface area contributed by atoms with Crippen LogP contribution in [0.15, 0.2) is 48.5 Å². The lowest BCUT2D eigenvalue weighted by Crippen LogP contribution is -2.15. The molecule has 22 heavy (non-hydrogen) atoms. The summed E-state index contributed by atoms with van der Waals surface area (Å²) in [6.45, 7) is 2.18. The van der Waals surface area contributed by atoms with E-state index in [2.05, 4.69) is 12.2 Å². The van der Waals surface area contributed by atoms with Crippen molar-refractivity contribution in [3.8, 4) is 0 Å². The van der Waals surface area contributed by atoms with Gasteiger partial charge in [0.25, 0.3) is 11.6 Å². The van der Waals surface area contributed by atoms with Crippen LogP contribution in [0.1, 0.15) is 35.7 Å². The number of nitro groups is 1. The molecule has 1 aliphatic rings. The van der Waals surface area contributed by atoms with Crippen LogP contribution in [0.25, 0.3) is 0 Å². The predicted molar refractivity (Wildman–Crippen MR) is 84.1 cm³/mol. The van der Waals surface area contributed by atoms with Gasteiger partial charge in [-0.05, 0) is 42.0 Å². The third-order valence-electron chi connectivity index (χ3n) is 4.17. The fourth-order valence-corrected chi connectivity index (χ4v) is 2.50. The number of amides is 1. The summed E-state index contributed by atoms with van der Waals surface area (Å²) in [5.74, 6) is -0.258. The maximum atomic E-state index is 12.3. The van der Waals surface area contributed by atoms with Gasteiger partial charge in [0.05, 0.1) is 4.92 Å². The van der Waals surface area contributed by atoms with Gasteiger partial charge in [-0.2, -0.15) is 0 Å². The number of nitro benzene ring substituents is 1. The molecule has 1 N–H and O–H groups in total. The Morgan fingerprint density at radius 2 is 1.77 bits per heavy atom. The number of hydrogen-bond donors (Lipinski definition) is 1. The Morgan fingerprint density at radius 3 is 2.36 bits per heavy atom. The van der Waals surface area contributed by atoms with Gasteiger partial charge in [0.1, 0.15) is 0 Å². The molecule has 112 valence electrons. The van der Waals surface area contributed by atoms with E-state index in [1.807, 2.05) is 24.3 Å². The largest absolute Gasteiger partial charge is 0.322 e. The van der Waals surface area contributed by atoms with Gasteiger partial charge in [0.15, 0.2) is 0 Å². The van der Waals surface area contributed by atoms with Crippen molar-refractivity contribution in [2.24, 2.45) is 0 Å².